The van der Waals surface area contributed by atoms with E-state index in [1.165, 1.54) is 13.2 Å². The number of methoxy groups -OCH3 is 1. The van der Waals surface area contributed by atoms with Crippen molar-refractivity contribution in [2.24, 2.45) is 0 Å². The number of rotatable bonds is 2. The second kappa shape index (κ2) is 4.08. The lowest BCUT2D eigenvalue weighted by atomic mass is 9.86. The molecule has 1 aromatic carbocycles. The first-order valence-corrected chi connectivity index (χ1v) is 4.79. The van der Waals surface area contributed by atoms with Crippen LogP contribution in [0, 0.1) is 15.9 Å². The SMILES string of the molecule is COc1cc(F)c([N+](=O)[O-])cc1C(C)(C)C. The minimum atomic E-state index is -0.880. The molecule has 0 unspecified atom stereocenters. The zero-order valence-electron chi connectivity index (χ0n) is 9.70. The highest BCUT2D eigenvalue weighted by atomic mass is 19.1. The molecule has 0 aliphatic heterocycles. The molecule has 0 radical (unpaired) electrons. The van der Waals surface area contributed by atoms with Crippen molar-refractivity contribution in [2.45, 2.75) is 26.2 Å². The molecule has 0 fully saturated rings. The average Bonchev–Trinajstić information content (AvgIpc) is 2.14. The smallest absolute Gasteiger partial charge is 0.305 e. The van der Waals surface area contributed by atoms with Crippen LogP contribution in [-0.4, -0.2) is 12.0 Å². The van der Waals surface area contributed by atoms with E-state index in [0.29, 0.717) is 11.3 Å². The van der Waals surface area contributed by atoms with Crippen molar-refractivity contribution in [3.05, 3.63) is 33.6 Å². The summed E-state index contributed by atoms with van der Waals surface area (Å²) >= 11 is 0. The topological polar surface area (TPSA) is 52.4 Å². The summed E-state index contributed by atoms with van der Waals surface area (Å²) < 4.78 is 18.4. The number of hydrogen-bond acceptors (Lipinski definition) is 3. The number of nitro groups is 1. The molecule has 0 spiro atoms. The van der Waals surface area contributed by atoms with E-state index < -0.39 is 16.4 Å². The Balaban J connectivity index is 3.47. The Kier molecular flexibility index (Phi) is 3.16. The molecule has 0 amide bonds. The maximum absolute atomic E-state index is 13.3. The molecular formula is C11H14FNO3. The third-order valence-corrected chi connectivity index (χ3v) is 2.27. The molecule has 0 aliphatic carbocycles. The van der Waals surface area contributed by atoms with Gasteiger partial charge in [0.1, 0.15) is 5.75 Å². The quantitative estimate of drug-likeness (QED) is 0.576. The number of ether oxygens (including phenoxy) is 1. The molecule has 16 heavy (non-hydrogen) atoms. The van der Waals surface area contributed by atoms with Crippen LogP contribution in [0.2, 0.25) is 0 Å². The minimum absolute atomic E-state index is 0.329. The second-order valence-corrected chi connectivity index (χ2v) is 4.51. The van der Waals surface area contributed by atoms with Crippen LogP contribution in [0.3, 0.4) is 0 Å². The van der Waals surface area contributed by atoms with Crippen molar-refractivity contribution >= 4 is 5.69 Å². The third kappa shape index (κ3) is 2.29. The summed E-state index contributed by atoms with van der Waals surface area (Å²) in [6.45, 7) is 5.64. The number of nitrogens with zero attached hydrogens (tertiary/aromatic N) is 1. The molecule has 0 aliphatic rings. The van der Waals surface area contributed by atoms with Crippen LogP contribution >= 0.6 is 0 Å². The van der Waals surface area contributed by atoms with Crippen molar-refractivity contribution in [1.82, 2.24) is 0 Å². The number of hydrogen-bond donors (Lipinski definition) is 0. The van der Waals surface area contributed by atoms with Gasteiger partial charge in [0.2, 0.25) is 5.82 Å². The Labute approximate surface area is 93.2 Å². The van der Waals surface area contributed by atoms with Gasteiger partial charge >= 0.3 is 5.69 Å². The van der Waals surface area contributed by atoms with Gasteiger partial charge in [-0.15, -0.1) is 0 Å². The molecule has 5 heteroatoms. The standard InChI is InChI=1S/C11H14FNO3/c1-11(2,3)7-5-9(13(14)15)8(12)6-10(7)16-4/h5-6H,1-4H3. The fourth-order valence-electron chi connectivity index (χ4n) is 1.44. The van der Waals surface area contributed by atoms with Crippen LogP contribution in [0.5, 0.6) is 5.75 Å². The number of nitro benzene ring substituents is 1. The maximum atomic E-state index is 13.3. The molecule has 4 nitrogen and oxygen atoms in total. The predicted octanol–water partition coefficient (Wildman–Crippen LogP) is 3.04. The normalized spacial score (nSPS) is 11.3. The van der Waals surface area contributed by atoms with Gasteiger partial charge in [-0.2, -0.15) is 4.39 Å². The van der Waals surface area contributed by atoms with Crippen LogP contribution in [-0.2, 0) is 5.41 Å². The van der Waals surface area contributed by atoms with E-state index >= 15 is 0 Å². The second-order valence-electron chi connectivity index (χ2n) is 4.51. The summed E-state index contributed by atoms with van der Waals surface area (Å²) in [5, 5.41) is 10.6. The molecule has 0 bridgehead atoms. The lowest BCUT2D eigenvalue weighted by Gasteiger charge is -2.21. The fraction of sp³-hybridized carbons (Fsp3) is 0.455. The monoisotopic (exact) mass is 227 g/mol. The van der Waals surface area contributed by atoms with E-state index in [0.717, 1.165) is 6.07 Å². The molecular weight excluding hydrogens is 213 g/mol. The molecule has 0 saturated heterocycles. The van der Waals surface area contributed by atoms with Gasteiger partial charge < -0.3 is 4.74 Å². The summed E-state index contributed by atoms with van der Waals surface area (Å²) in [6, 6.07) is 2.28. The summed E-state index contributed by atoms with van der Waals surface area (Å²) in [7, 11) is 1.41. The lowest BCUT2D eigenvalue weighted by molar-refractivity contribution is -0.387. The first-order chi connectivity index (χ1) is 7.27. The zero-order valence-corrected chi connectivity index (χ0v) is 9.70. The Morgan fingerprint density at radius 2 is 1.94 bits per heavy atom. The van der Waals surface area contributed by atoms with Crippen molar-refractivity contribution in [1.29, 1.82) is 0 Å². The number of halogens is 1. The number of benzene rings is 1. The third-order valence-electron chi connectivity index (χ3n) is 2.27. The molecule has 1 aromatic rings. The van der Waals surface area contributed by atoms with Crippen LogP contribution < -0.4 is 4.74 Å². The summed E-state index contributed by atoms with van der Waals surface area (Å²) in [4.78, 5) is 9.89. The molecule has 0 N–H and O–H groups in total. The highest BCUT2D eigenvalue weighted by Gasteiger charge is 2.25. The zero-order chi connectivity index (χ0) is 12.5. The van der Waals surface area contributed by atoms with E-state index in [2.05, 4.69) is 0 Å². The van der Waals surface area contributed by atoms with E-state index in [-0.39, 0.29) is 5.41 Å². The fourth-order valence-corrected chi connectivity index (χ4v) is 1.44. The summed E-state index contributed by atoms with van der Waals surface area (Å²) in [5.74, 6) is -0.551. The van der Waals surface area contributed by atoms with Gasteiger partial charge in [0.05, 0.1) is 12.0 Å². The van der Waals surface area contributed by atoms with Gasteiger partial charge in [-0.05, 0) is 5.41 Å². The van der Waals surface area contributed by atoms with Crippen molar-refractivity contribution in [2.75, 3.05) is 7.11 Å². The average molecular weight is 227 g/mol. The minimum Gasteiger partial charge on any atom is -0.496 e. The van der Waals surface area contributed by atoms with E-state index in [1.54, 1.807) is 0 Å². The molecule has 1 rings (SSSR count). The van der Waals surface area contributed by atoms with Crippen molar-refractivity contribution in [3.63, 3.8) is 0 Å². The largest absolute Gasteiger partial charge is 0.496 e. The molecule has 0 aromatic heterocycles. The highest BCUT2D eigenvalue weighted by molar-refractivity contribution is 5.48. The Hall–Kier alpha value is -1.65. The van der Waals surface area contributed by atoms with Crippen molar-refractivity contribution in [3.8, 4) is 5.75 Å². The molecule has 0 atom stereocenters. The lowest BCUT2D eigenvalue weighted by Crippen LogP contribution is -2.13. The molecule has 88 valence electrons. The van der Waals surface area contributed by atoms with E-state index in [4.69, 9.17) is 4.74 Å². The van der Waals surface area contributed by atoms with Gasteiger partial charge in [0.25, 0.3) is 0 Å². The highest BCUT2D eigenvalue weighted by Crippen LogP contribution is 2.35. The van der Waals surface area contributed by atoms with Gasteiger partial charge in [-0.1, -0.05) is 20.8 Å². The molecule has 0 saturated carbocycles. The van der Waals surface area contributed by atoms with Crippen LogP contribution in [0.4, 0.5) is 10.1 Å². The Bertz CT molecular complexity index is 424. The van der Waals surface area contributed by atoms with Gasteiger partial charge in [0.15, 0.2) is 0 Å². The molecule has 0 heterocycles. The van der Waals surface area contributed by atoms with Crippen LogP contribution in [0.25, 0.3) is 0 Å². The van der Waals surface area contributed by atoms with Crippen molar-refractivity contribution < 1.29 is 14.1 Å². The van der Waals surface area contributed by atoms with Crippen LogP contribution in [0.1, 0.15) is 26.3 Å². The summed E-state index contributed by atoms with van der Waals surface area (Å²) in [5.41, 5.74) is -0.252. The van der Waals surface area contributed by atoms with E-state index in [1.807, 2.05) is 20.8 Å². The van der Waals surface area contributed by atoms with Gasteiger partial charge in [-0.3, -0.25) is 10.1 Å². The van der Waals surface area contributed by atoms with Crippen LogP contribution in [0.15, 0.2) is 12.1 Å². The maximum Gasteiger partial charge on any atom is 0.305 e. The first kappa shape index (κ1) is 12.4. The van der Waals surface area contributed by atoms with Gasteiger partial charge in [-0.25, -0.2) is 0 Å². The summed E-state index contributed by atoms with van der Waals surface area (Å²) in [6.07, 6.45) is 0. The first-order valence-electron chi connectivity index (χ1n) is 4.79. The van der Waals surface area contributed by atoms with E-state index in [9.17, 15) is 14.5 Å². The van der Waals surface area contributed by atoms with Gasteiger partial charge in [0, 0.05) is 17.7 Å². The predicted molar refractivity (Wildman–Crippen MR) is 58.3 cm³/mol. The Morgan fingerprint density at radius 1 is 1.38 bits per heavy atom. The Morgan fingerprint density at radius 3 is 2.31 bits per heavy atom.